The highest BCUT2D eigenvalue weighted by atomic mass is 19.3. The predicted molar refractivity (Wildman–Crippen MR) is 31.7 cm³/mol. The summed E-state index contributed by atoms with van der Waals surface area (Å²) in [5.74, 6) is 0. The van der Waals surface area contributed by atoms with E-state index in [2.05, 4.69) is 13.2 Å². The van der Waals surface area contributed by atoms with E-state index in [-0.39, 0.29) is 5.57 Å². The fourth-order valence-corrected chi connectivity index (χ4v) is 0.0250. The molecule has 0 heterocycles. The molecule has 10 heavy (non-hydrogen) atoms. The van der Waals surface area contributed by atoms with E-state index in [0.717, 1.165) is 0 Å². The fourth-order valence-electron chi connectivity index (χ4n) is 0.0250. The van der Waals surface area contributed by atoms with Crippen molar-refractivity contribution in [2.45, 2.75) is 0 Å². The molecule has 4 heteroatoms. The van der Waals surface area contributed by atoms with Gasteiger partial charge in [-0.25, -0.2) is 0 Å². The van der Waals surface area contributed by atoms with E-state index < -0.39 is 6.08 Å². The molecule has 0 aromatic carbocycles. The van der Waals surface area contributed by atoms with Crippen LogP contribution < -0.4 is 0 Å². The lowest BCUT2D eigenvalue weighted by atomic mass is 10.4. The standard InChI is InChI=1S/C4H2N2.C2H2F2/c1-4(2-5)3-6;1-2(3)4/h1H2;1H2. The number of hydrogen-bond donors (Lipinski definition) is 0. The van der Waals surface area contributed by atoms with Crippen molar-refractivity contribution < 1.29 is 8.78 Å². The Morgan fingerprint density at radius 1 is 1.10 bits per heavy atom. The van der Waals surface area contributed by atoms with Crippen LogP contribution in [0.2, 0.25) is 0 Å². The third kappa shape index (κ3) is 33.2. The topological polar surface area (TPSA) is 47.6 Å². The maximum absolute atomic E-state index is 10.1. The lowest BCUT2D eigenvalue weighted by Gasteiger charge is -1.58. The van der Waals surface area contributed by atoms with Gasteiger partial charge in [0.25, 0.3) is 6.08 Å². The average Bonchev–Trinajstić information content (AvgIpc) is 1.85. The molecule has 0 aliphatic carbocycles. The van der Waals surface area contributed by atoms with Crippen molar-refractivity contribution in [2.75, 3.05) is 0 Å². The number of allylic oxidation sites excluding steroid dienone is 1. The molecule has 0 aliphatic heterocycles. The van der Waals surface area contributed by atoms with Crippen LogP contribution in [0.5, 0.6) is 0 Å². The molecule has 0 aliphatic rings. The Morgan fingerprint density at radius 2 is 1.30 bits per heavy atom. The first-order valence-electron chi connectivity index (χ1n) is 2.03. The van der Waals surface area contributed by atoms with Crippen LogP contribution in [0, 0.1) is 22.7 Å². The number of nitrogens with zero attached hydrogens (tertiary/aromatic N) is 2. The van der Waals surface area contributed by atoms with Gasteiger partial charge in [-0.1, -0.05) is 6.58 Å². The van der Waals surface area contributed by atoms with Crippen LogP contribution in [0.4, 0.5) is 8.78 Å². The molecule has 0 atom stereocenters. The second-order valence-electron chi connectivity index (χ2n) is 1.04. The number of halogens is 2. The highest BCUT2D eigenvalue weighted by Gasteiger charge is 1.76. The molecule has 0 aromatic heterocycles. The van der Waals surface area contributed by atoms with Gasteiger partial charge in [0.2, 0.25) is 0 Å². The van der Waals surface area contributed by atoms with Gasteiger partial charge in [-0.15, -0.1) is 0 Å². The number of hydrogen-bond acceptors (Lipinski definition) is 2. The number of nitriles is 2. The quantitative estimate of drug-likeness (QED) is 0.485. The van der Waals surface area contributed by atoms with Crippen LogP contribution in [0.3, 0.4) is 0 Å². The Balaban J connectivity index is 0. The normalized spacial score (nSPS) is 5.60. The molecule has 0 fully saturated rings. The monoisotopic (exact) mass is 142 g/mol. The molecule has 0 radical (unpaired) electrons. The summed E-state index contributed by atoms with van der Waals surface area (Å²) < 4.78 is 20.3. The van der Waals surface area contributed by atoms with Gasteiger partial charge in [0.05, 0.1) is 0 Å². The zero-order valence-corrected chi connectivity index (χ0v) is 5.06. The Bertz CT molecular complexity index is 187. The summed E-state index contributed by atoms with van der Waals surface area (Å²) in [5.41, 5.74) is -0.0463. The van der Waals surface area contributed by atoms with E-state index in [1.54, 1.807) is 12.1 Å². The van der Waals surface area contributed by atoms with Gasteiger partial charge < -0.3 is 0 Å². The van der Waals surface area contributed by atoms with E-state index in [4.69, 9.17) is 10.5 Å². The van der Waals surface area contributed by atoms with Crippen molar-refractivity contribution in [1.29, 1.82) is 10.5 Å². The van der Waals surface area contributed by atoms with E-state index in [0.29, 0.717) is 0 Å². The summed E-state index contributed by atoms with van der Waals surface area (Å²) in [6, 6.07) is 3.12. The Morgan fingerprint density at radius 3 is 1.30 bits per heavy atom. The van der Waals surface area contributed by atoms with Gasteiger partial charge >= 0.3 is 0 Å². The molecule has 0 amide bonds. The zero-order chi connectivity index (χ0) is 8.57. The minimum atomic E-state index is -1.83. The molecule has 0 saturated carbocycles. The van der Waals surface area contributed by atoms with Crippen molar-refractivity contribution in [3.05, 3.63) is 24.8 Å². The zero-order valence-electron chi connectivity index (χ0n) is 5.06. The third-order valence-electron chi connectivity index (χ3n) is 0.270. The van der Waals surface area contributed by atoms with Crippen LogP contribution in [0.15, 0.2) is 24.8 Å². The first kappa shape index (κ1) is 11.2. The van der Waals surface area contributed by atoms with Gasteiger partial charge in [-0.3, -0.25) is 0 Å². The predicted octanol–water partition coefficient (Wildman–Crippen LogP) is 1.99. The van der Waals surface area contributed by atoms with Crippen molar-refractivity contribution >= 4 is 0 Å². The van der Waals surface area contributed by atoms with Crippen molar-refractivity contribution in [2.24, 2.45) is 0 Å². The summed E-state index contributed by atoms with van der Waals surface area (Å²) >= 11 is 0. The van der Waals surface area contributed by atoms with Gasteiger partial charge in [0, 0.05) is 0 Å². The Labute approximate surface area is 57.3 Å². The first-order valence-corrected chi connectivity index (χ1v) is 2.03. The van der Waals surface area contributed by atoms with Crippen LogP contribution >= 0.6 is 0 Å². The second kappa shape index (κ2) is 7.32. The highest BCUT2D eigenvalue weighted by Crippen LogP contribution is 1.85. The Hall–Kier alpha value is -1.68. The van der Waals surface area contributed by atoms with Crippen molar-refractivity contribution in [3.8, 4) is 12.1 Å². The van der Waals surface area contributed by atoms with Crippen molar-refractivity contribution in [1.82, 2.24) is 0 Å². The van der Waals surface area contributed by atoms with E-state index in [9.17, 15) is 8.78 Å². The summed E-state index contributed by atoms with van der Waals surface area (Å²) in [6.45, 7) is 5.29. The van der Waals surface area contributed by atoms with E-state index >= 15 is 0 Å². The molecule has 2 nitrogen and oxygen atoms in total. The summed E-state index contributed by atoms with van der Waals surface area (Å²) in [5, 5.41) is 15.5. The largest absolute Gasteiger partial charge is 0.263 e. The minimum absolute atomic E-state index is 0.0463. The third-order valence-corrected chi connectivity index (χ3v) is 0.270. The number of rotatable bonds is 0. The molecule has 0 saturated heterocycles. The van der Waals surface area contributed by atoms with Crippen LogP contribution in [0.1, 0.15) is 0 Å². The molecule has 0 aromatic rings. The molecule has 0 unspecified atom stereocenters. The molecule has 52 valence electrons. The molecular formula is C6H4F2N2. The van der Waals surface area contributed by atoms with Gasteiger partial charge in [-0.2, -0.15) is 19.3 Å². The average molecular weight is 142 g/mol. The summed E-state index contributed by atoms with van der Waals surface area (Å²) in [4.78, 5) is 0. The van der Waals surface area contributed by atoms with Gasteiger partial charge in [0.1, 0.15) is 17.7 Å². The first-order chi connectivity index (χ1) is 4.54. The second-order valence-corrected chi connectivity index (χ2v) is 1.04. The lowest BCUT2D eigenvalue weighted by Crippen LogP contribution is -1.58. The van der Waals surface area contributed by atoms with E-state index in [1.165, 1.54) is 0 Å². The molecular weight excluding hydrogens is 138 g/mol. The molecule has 0 rings (SSSR count). The fraction of sp³-hybridized carbons (Fsp3) is 0. The SMILES string of the molecule is C=C(C#N)C#N.C=C(F)F. The van der Waals surface area contributed by atoms with Gasteiger partial charge in [-0.05, 0) is 6.58 Å². The smallest absolute Gasteiger partial charge is 0.192 e. The maximum Gasteiger partial charge on any atom is 0.263 e. The lowest BCUT2D eigenvalue weighted by molar-refractivity contribution is 0.426. The highest BCUT2D eigenvalue weighted by molar-refractivity contribution is 5.31. The molecule has 0 N–H and O–H groups in total. The van der Waals surface area contributed by atoms with Gasteiger partial charge in [0.15, 0.2) is 0 Å². The van der Waals surface area contributed by atoms with Crippen molar-refractivity contribution in [3.63, 3.8) is 0 Å². The molecule has 0 bridgehead atoms. The molecule has 0 spiro atoms. The summed E-state index contributed by atoms with van der Waals surface area (Å²) in [6.07, 6.45) is -1.83. The van der Waals surface area contributed by atoms with Crippen LogP contribution in [-0.2, 0) is 0 Å². The minimum Gasteiger partial charge on any atom is -0.192 e. The van der Waals surface area contributed by atoms with E-state index in [1.807, 2.05) is 0 Å². The Kier molecular flexibility index (Phi) is 8.17. The van der Waals surface area contributed by atoms with Crippen LogP contribution in [-0.4, -0.2) is 0 Å². The maximum atomic E-state index is 10.1. The van der Waals surface area contributed by atoms with Crippen LogP contribution in [0.25, 0.3) is 0 Å². The summed E-state index contributed by atoms with van der Waals surface area (Å²) in [7, 11) is 0.